The van der Waals surface area contributed by atoms with E-state index in [2.05, 4.69) is 80.3 Å². The molecule has 5 N–H and O–H groups in total. The minimum Gasteiger partial charge on any atom is -0.447 e. The molecule has 12 saturated carbocycles. The van der Waals surface area contributed by atoms with E-state index in [1.807, 2.05) is 9.80 Å². The van der Waals surface area contributed by atoms with Gasteiger partial charge < -0.3 is 73.7 Å². The van der Waals surface area contributed by atoms with Gasteiger partial charge in [-0.05, 0) is 250 Å². The van der Waals surface area contributed by atoms with Crippen molar-refractivity contribution in [2.24, 2.45) is 119 Å². The lowest BCUT2D eigenvalue weighted by Gasteiger charge is -2.64. The molecule has 588 valence electrons. The third kappa shape index (κ3) is 12.3. The van der Waals surface area contributed by atoms with E-state index in [1.54, 1.807) is 7.05 Å². The molecule has 22 nitrogen and oxygen atoms in total. The van der Waals surface area contributed by atoms with Gasteiger partial charge in [-0.15, -0.1) is 12.4 Å². The Bertz CT molecular complexity index is 3420. The van der Waals surface area contributed by atoms with Crippen LogP contribution in [0.4, 0.5) is 15.3 Å². The van der Waals surface area contributed by atoms with Crippen LogP contribution in [0.2, 0.25) is 0 Å². The number of aliphatic hydroxyl groups is 2. The number of morpholine rings is 2. The fourth-order valence-corrected chi connectivity index (χ4v) is 28.2. The molecular formula is C82H126ClN5O17. The molecule has 0 aromatic heterocycles. The molecule has 1 aromatic carbocycles. The number of nitro benzene ring substituents is 1. The van der Waals surface area contributed by atoms with Crippen molar-refractivity contribution in [2.75, 3.05) is 66.7 Å². The molecule has 0 radical (unpaired) electrons. The molecule has 4 saturated heterocycles. The Hall–Kier alpha value is -3.97. The summed E-state index contributed by atoms with van der Waals surface area (Å²) in [5.74, 6) is 4.99. The van der Waals surface area contributed by atoms with Crippen molar-refractivity contribution in [3.8, 4) is 5.75 Å². The number of nitrogens with two attached hydrogens (primary N) is 1. The molecule has 16 fully saturated rings. The second kappa shape index (κ2) is 28.0. The molecular weight excluding hydrogens is 1360 g/mol. The number of benzene rings is 1. The SMILES string of the molecule is CN.CNC(=O)OC[C@H]1C[C@@H](C)[C@H]2[C@H](O1)[C@H](O)[C@@]1(C)[C@@H]3CC[C@H]4C(C)(C)[C@@H](O[C@H]5CN(C(=O)CC6CC6)CCO5)CC[C@@]45C[C@@]35CC[C@]21C.C[C@@H]1C[C@H](COC(=O)Oc2ccc([N+](=O)[O-])cc2)O[C@H]2[C@H]1[C@@]1(C)CC[C@@]34C[C@@]35CC[C@H](O[C@H]3CN(C(=O)CC6CC6)CCO3)C(C)(C)[C@@H]5CC[C@H]4[C@]1(C)[C@H]2O.Cl. The third-order valence-electron chi connectivity index (χ3n) is 33.6. The number of alkyl carbamates (subject to hydrolysis) is 1. The van der Waals surface area contributed by atoms with Crippen LogP contribution in [0.15, 0.2) is 24.3 Å². The lowest BCUT2D eigenvalue weighted by Crippen LogP contribution is -2.60. The van der Waals surface area contributed by atoms with Crippen LogP contribution in [-0.2, 0) is 47.5 Å². The van der Waals surface area contributed by atoms with Gasteiger partial charge in [-0.25, -0.2) is 9.59 Å². The summed E-state index contributed by atoms with van der Waals surface area (Å²) in [6, 6.07) is 5.29. The molecule has 105 heavy (non-hydrogen) atoms. The van der Waals surface area contributed by atoms with E-state index in [9.17, 15) is 39.5 Å². The van der Waals surface area contributed by atoms with Crippen molar-refractivity contribution in [3.05, 3.63) is 34.4 Å². The molecule has 1 aromatic rings. The number of nitrogens with zero attached hydrogens (tertiary/aromatic N) is 3. The number of rotatable bonds is 14. The summed E-state index contributed by atoms with van der Waals surface area (Å²) in [4.78, 5) is 64.6. The number of carbonyl (C=O) groups excluding carboxylic acids is 4. The second-order valence-electron chi connectivity index (χ2n) is 38.4. The van der Waals surface area contributed by atoms with Crippen LogP contribution in [-0.4, -0.2) is 177 Å². The number of carbonyl (C=O) groups is 4. The first-order valence-corrected chi connectivity index (χ1v) is 40.7. The van der Waals surface area contributed by atoms with E-state index >= 15 is 0 Å². The van der Waals surface area contributed by atoms with Gasteiger partial charge in [-0.2, -0.15) is 0 Å². The summed E-state index contributed by atoms with van der Waals surface area (Å²) in [6.45, 7) is 27.8. The molecule has 0 bridgehead atoms. The summed E-state index contributed by atoms with van der Waals surface area (Å²) >= 11 is 0. The first-order chi connectivity index (χ1) is 49.4. The van der Waals surface area contributed by atoms with Crippen LogP contribution >= 0.6 is 12.4 Å². The van der Waals surface area contributed by atoms with Gasteiger partial charge >= 0.3 is 12.2 Å². The highest BCUT2D eigenvalue weighted by molar-refractivity contribution is 5.85. The topological polar surface area (TPSA) is 279 Å². The number of nitro groups is 1. The molecule has 0 unspecified atom stereocenters. The van der Waals surface area contributed by atoms with E-state index in [4.69, 9.17) is 42.6 Å². The zero-order valence-corrected chi connectivity index (χ0v) is 65.7. The van der Waals surface area contributed by atoms with Crippen molar-refractivity contribution in [1.29, 1.82) is 0 Å². The number of amides is 3. The van der Waals surface area contributed by atoms with E-state index in [0.29, 0.717) is 105 Å². The number of hydrogen-bond acceptors (Lipinski definition) is 18. The maximum atomic E-state index is 12.9. The Morgan fingerprint density at radius 1 is 0.590 bits per heavy atom. The Morgan fingerprint density at radius 3 is 1.41 bits per heavy atom. The average molecular weight is 1490 g/mol. The molecule has 4 spiro atoms. The van der Waals surface area contributed by atoms with E-state index < -0.39 is 29.4 Å². The van der Waals surface area contributed by atoms with Gasteiger partial charge in [-0.1, -0.05) is 69.2 Å². The smallest absolute Gasteiger partial charge is 0.447 e. The standard InChI is InChI=1S/C43H60N2O10.C38H60N2O7.CH5N.ClH/c1-25-20-29(23-52-38(48)54-28-10-8-27(9-11-28)45(49)50)53-36-35(25)40(4)16-17-43-24-42(43)15-14-32(39(2,3)30(42)12-13-31(43)41(40,5)37(36)47)55-34-22-44(18-19-51-34)33(46)21-26-6-7-26;1-22-17-24(20-45-33(43)39-6)46-31-30(22)35(4)13-14-38-21-37(38)12-11-27(34(2,3)25(37)9-10-26(38)36(35,5)32(31)42)47-29-19-40(15-16-44-29)28(41)18-23-7-8-23;1-2;/h8-11,25-26,29-32,34-37,47H,6-7,12-24H2,1-5H3;22-27,29-32,42H,7-21H2,1-6H3,(H,39,43);2H2,1H3;1H/t25-,29-,30+,31+,32+,34+,35+,36+,37+,40-,41-,42-,43+;22-,24-,25+,26+,27+,29+,30+,31+,32+,35-,36-,37-,38+;;/m11../s1. The van der Waals surface area contributed by atoms with Crippen molar-refractivity contribution in [3.63, 3.8) is 0 Å². The molecule has 4 heterocycles. The Kier molecular flexibility index (Phi) is 20.8. The van der Waals surface area contributed by atoms with Crippen LogP contribution in [0.3, 0.4) is 0 Å². The minimum atomic E-state index is -0.889. The lowest BCUT2D eigenvalue weighted by atomic mass is 9.41. The number of halogens is 1. The molecule has 17 rings (SSSR count). The van der Waals surface area contributed by atoms with E-state index in [1.165, 1.54) is 95.5 Å². The normalized spacial score (nSPS) is 46.6. The highest BCUT2D eigenvalue weighted by atomic mass is 35.5. The Morgan fingerprint density at radius 2 is 1.00 bits per heavy atom. The first-order valence-electron chi connectivity index (χ1n) is 40.7. The third-order valence-corrected chi connectivity index (χ3v) is 33.6. The Labute approximate surface area is 629 Å². The predicted octanol–water partition coefficient (Wildman–Crippen LogP) is 12.8. The summed E-state index contributed by atoms with van der Waals surface area (Å²) in [5, 5.41) is 38.4. The Balaban J connectivity index is 0.000000173. The molecule has 16 aliphatic rings. The molecule has 3 amide bonds. The van der Waals surface area contributed by atoms with E-state index in [0.717, 1.165) is 64.2 Å². The van der Waals surface area contributed by atoms with Gasteiger partial charge in [0.25, 0.3) is 5.69 Å². The number of aliphatic hydroxyl groups excluding tert-OH is 2. The van der Waals surface area contributed by atoms with Gasteiger partial charge in [0.05, 0.1) is 80.1 Å². The van der Waals surface area contributed by atoms with Crippen molar-refractivity contribution in [1.82, 2.24) is 15.1 Å². The maximum absolute atomic E-state index is 12.9. The fraction of sp³-hybridized carbons (Fsp3) is 0.878. The van der Waals surface area contributed by atoms with Crippen molar-refractivity contribution in [2.45, 2.75) is 272 Å². The van der Waals surface area contributed by atoms with Crippen molar-refractivity contribution >= 4 is 42.2 Å². The van der Waals surface area contributed by atoms with Gasteiger partial charge in [0.1, 0.15) is 19.0 Å². The highest BCUT2D eigenvalue weighted by Gasteiger charge is 2.87. The van der Waals surface area contributed by atoms with Gasteiger partial charge in [0, 0.05) is 55.9 Å². The largest absolute Gasteiger partial charge is 0.513 e. The lowest BCUT2D eigenvalue weighted by molar-refractivity contribution is -0.384. The second-order valence-corrected chi connectivity index (χ2v) is 38.4. The number of nitrogens with one attached hydrogen (secondary N) is 1. The molecule has 23 heteroatoms. The first kappa shape index (κ1) is 77.7. The fourth-order valence-electron chi connectivity index (χ4n) is 28.2. The average Bonchev–Trinajstić information content (AvgIpc) is 1.46. The van der Waals surface area contributed by atoms with Gasteiger partial charge in [-0.3, -0.25) is 19.7 Å². The number of fused-ring (bicyclic) bond motifs is 8. The van der Waals surface area contributed by atoms with Crippen LogP contribution in [0, 0.1) is 123 Å². The zero-order valence-electron chi connectivity index (χ0n) is 64.9. The monoisotopic (exact) mass is 1490 g/mol. The molecule has 26 atom stereocenters. The van der Waals surface area contributed by atoms with Crippen LogP contribution < -0.4 is 15.8 Å². The van der Waals surface area contributed by atoms with Gasteiger partial charge in [0.2, 0.25) is 11.8 Å². The maximum Gasteiger partial charge on any atom is 0.513 e. The summed E-state index contributed by atoms with van der Waals surface area (Å²) in [5.41, 5.74) is 4.83. The summed E-state index contributed by atoms with van der Waals surface area (Å²) < 4.78 is 55.6. The van der Waals surface area contributed by atoms with Crippen molar-refractivity contribution < 1.29 is 76.9 Å². The van der Waals surface area contributed by atoms with Crippen LogP contribution in [0.5, 0.6) is 5.75 Å². The number of hydrogen-bond donors (Lipinski definition) is 4. The predicted molar refractivity (Wildman–Crippen MR) is 392 cm³/mol. The van der Waals surface area contributed by atoms with E-state index in [-0.39, 0.29) is 159 Å². The van der Waals surface area contributed by atoms with Crippen LogP contribution in [0.25, 0.3) is 0 Å². The molecule has 4 aliphatic heterocycles. The number of ether oxygens (including phenoxy) is 9. The minimum absolute atomic E-state index is 0. The molecule has 12 aliphatic carbocycles. The zero-order chi connectivity index (χ0) is 73.9. The van der Waals surface area contributed by atoms with Crippen LogP contribution in [0.1, 0.15) is 210 Å². The summed E-state index contributed by atoms with van der Waals surface area (Å²) in [6.07, 6.45) is 19.6. The number of non-ortho nitro benzene ring substituents is 1. The quantitative estimate of drug-likeness (QED) is 0.0583. The summed E-state index contributed by atoms with van der Waals surface area (Å²) in [7, 11) is 3.07. The van der Waals surface area contributed by atoms with Gasteiger partial charge in [0.15, 0.2) is 12.6 Å². The highest BCUT2D eigenvalue weighted by Crippen LogP contribution is 2.91.